The van der Waals surface area contributed by atoms with Gasteiger partial charge < -0.3 is 5.32 Å². The molecule has 72 valence electrons. The summed E-state index contributed by atoms with van der Waals surface area (Å²) in [4.78, 5) is 9.85. The predicted octanol–water partition coefficient (Wildman–Crippen LogP) is 1.63. The Morgan fingerprint density at radius 2 is 1.77 bits per heavy atom. The number of nitrogens with one attached hydrogen (secondary N) is 1. The van der Waals surface area contributed by atoms with E-state index in [0.29, 0.717) is 12.0 Å². The first kappa shape index (κ1) is 11.8. The van der Waals surface area contributed by atoms with E-state index in [1.54, 1.807) is 0 Å². The average Bonchev–Trinajstić information content (AvgIpc) is 1.99. The van der Waals surface area contributed by atoms with E-state index in [9.17, 15) is 13.6 Å². The van der Waals surface area contributed by atoms with Gasteiger partial charge in [0.1, 0.15) is 11.6 Å². The van der Waals surface area contributed by atoms with Crippen molar-refractivity contribution in [1.82, 2.24) is 5.32 Å². The van der Waals surface area contributed by atoms with Crippen LogP contribution in [0.3, 0.4) is 0 Å². The van der Waals surface area contributed by atoms with Crippen molar-refractivity contribution in [2.45, 2.75) is 6.54 Å². The van der Waals surface area contributed by atoms with Gasteiger partial charge >= 0.3 is 0 Å². The molecule has 0 unspecified atom stereocenters. The molecule has 0 aliphatic rings. The van der Waals surface area contributed by atoms with Crippen LogP contribution in [-0.4, -0.2) is 6.41 Å². The minimum Gasteiger partial charge on any atom is -0.355 e. The van der Waals surface area contributed by atoms with Crippen molar-refractivity contribution in [2.75, 3.05) is 0 Å². The Morgan fingerprint density at radius 3 is 2.23 bits per heavy atom. The smallest absolute Gasteiger partial charge is 0.207 e. The number of halogens is 3. The van der Waals surface area contributed by atoms with Crippen LogP contribution in [0.2, 0.25) is 0 Å². The third kappa shape index (κ3) is 3.85. The van der Waals surface area contributed by atoms with Crippen LogP contribution in [0.5, 0.6) is 0 Å². The molecule has 0 bridgehead atoms. The van der Waals surface area contributed by atoms with Gasteiger partial charge in [-0.1, -0.05) is 0 Å². The number of hydrogen-bond acceptors (Lipinski definition) is 1. The molecule has 0 spiro atoms. The van der Waals surface area contributed by atoms with Crippen LogP contribution in [0, 0.1) is 11.6 Å². The summed E-state index contributed by atoms with van der Waals surface area (Å²) in [6.45, 7) is 0.137. The standard InChI is InChI=1S/C8H7F2NO.ClH/c9-7-1-6(4-11-5-12)2-8(10)3-7;/h1-3,5H,4H2,(H,11,12);1H. The van der Waals surface area contributed by atoms with Crippen molar-refractivity contribution in [3.05, 3.63) is 35.4 Å². The maximum atomic E-state index is 12.5. The Labute approximate surface area is 80.4 Å². The van der Waals surface area contributed by atoms with Gasteiger partial charge in [0.05, 0.1) is 0 Å². The molecule has 1 rings (SSSR count). The molecule has 1 aromatic rings. The predicted molar refractivity (Wildman–Crippen MR) is 46.5 cm³/mol. The summed E-state index contributed by atoms with van der Waals surface area (Å²) >= 11 is 0. The Bertz CT molecular complexity index is 273. The van der Waals surface area contributed by atoms with Crippen molar-refractivity contribution >= 4 is 18.8 Å². The highest BCUT2D eigenvalue weighted by atomic mass is 35.5. The SMILES string of the molecule is Cl.O=CNCc1cc(F)cc(F)c1. The fourth-order valence-electron chi connectivity index (χ4n) is 0.873. The number of amides is 1. The molecular weight excluding hydrogens is 200 g/mol. The lowest BCUT2D eigenvalue weighted by Gasteiger charge is -1.99. The topological polar surface area (TPSA) is 29.1 Å². The van der Waals surface area contributed by atoms with E-state index in [-0.39, 0.29) is 19.0 Å². The minimum atomic E-state index is -0.641. The summed E-state index contributed by atoms with van der Waals surface area (Å²) in [6, 6.07) is 3.11. The summed E-state index contributed by atoms with van der Waals surface area (Å²) < 4.78 is 25.0. The number of carbonyl (C=O) groups is 1. The lowest BCUT2D eigenvalue weighted by Crippen LogP contribution is -2.09. The number of carbonyl (C=O) groups excluding carboxylic acids is 1. The number of hydrogen-bond donors (Lipinski definition) is 1. The Morgan fingerprint density at radius 1 is 1.23 bits per heavy atom. The molecule has 1 aromatic carbocycles. The second-order valence-corrected chi connectivity index (χ2v) is 2.28. The van der Waals surface area contributed by atoms with Gasteiger partial charge in [0.25, 0.3) is 0 Å². The van der Waals surface area contributed by atoms with Gasteiger partial charge in [0, 0.05) is 12.6 Å². The first-order valence-corrected chi connectivity index (χ1v) is 3.34. The number of benzene rings is 1. The van der Waals surface area contributed by atoms with Crippen LogP contribution in [-0.2, 0) is 11.3 Å². The Balaban J connectivity index is 0.00000144. The summed E-state index contributed by atoms with van der Waals surface area (Å²) in [5.74, 6) is -1.28. The highest BCUT2D eigenvalue weighted by Crippen LogP contribution is 2.06. The molecule has 0 atom stereocenters. The zero-order valence-electron chi connectivity index (χ0n) is 6.59. The summed E-state index contributed by atoms with van der Waals surface area (Å²) in [6.07, 6.45) is 0.475. The van der Waals surface area contributed by atoms with Crippen molar-refractivity contribution in [1.29, 1.82) is 0 Å². The van der Waals surface area contributed by atoms with E-state index in [1.807, 2.05) is 0 Å². The third-order valence-corrected chi connectivity index (χ3v) is 1.31. The van der Waals surface area contributed by atoms with Gasteiger partial charge in [-0.3, -0.25) is 4.79 Å². The van der Waals surface area contributed by atoms with Gasteiger partial charge in [-0.15, -0.1) is 12.4 Å². The zero-order chi connectivity index (χ0) is 8.97. The fraction of sp³-hybridized carbons (Fsp3) is 0.125. The molecule has 13 heavy (non-hydrogen) atoms. The average molecular weight is 208 g/mol. The lowest BCUT2D eigenvalue weighted by molar-refractivity contribution is -0.109. The maximum Gasteiger partial charge on any atom is 0.207 e. The third-order valence-electron chi connectivity index (χ3n) is 1.31. The molecule has 1 N–H and O–H groups in total. The lowest BCUT2D eigenvalue weighted by atomic mass is 10.2. The normalized spacial score (nSPS) is 8.77. The van der Waals surface area contributed by atoms with E-state index in [2.05, 4.69) is 5.32 Å². The Hall–Kier alpha value is -1.16. The highest BCUT2D eigenvalue weighted by Gasteiger charge is 1.98. The van der Waals surface area contributed by atoms with Crippen molar-refractivity contribution in [2.24, 2.45) is 0 Å². The molecule has 0 aromatic heterocycles. The monoisotopic (exact) mass is 207 g/mol. The van der Waals surface area contributed by atoms with Crippen LogP contribution in [0.4, 0.5) is 8.78 Å². The minimum absolute atomic E-state index is 0. The molecule has 0 saturated carbocycles. The quantitative estimate of drug-likeness (QED) is 0.750. The molecule has 0 aliphatic heterocycles. The van der Waals surface area contributed by atoms with Crippen LogP contribution in [0.1, 0.15) is 5.56 Å². The second kappa shape index (κ2) is 5.48. The second-order valence-electron chi connectivity index (χ2n) is 2.28. The molecule has 5 heteroatoms. The zero-order valence-corrected chi connectivity index (χ0v) is 7.41. The molecule has 0 aliphatic carbocycles. The van der Waals surface area contributed by atoms with E-state index in [1.165, 1.54) is 12.1 Å². The van der Waals surface area contributed by atoms with E-state index < -0.39 is 11.6 Å². The van der Waals surface area contributed by atoms with Crippen LogP contribution >= 0.6 is 12.4 Å². The molecular formula is C8H8ClF2NO. The van der Waals surface area contributed by atoms with E-state index in [0.717, 1.165) is 6.07 Å². The van der Waals surface area contributed by atoms with Crippen LogP contribution in [0.15, 0.2) is 18.2 Å². The van der Waals surface area contributed by atoms with Crippen molar-refractivity contribution in [3.8, 4) is 0 Å². The number of rotatable bonds is 3. The molecule has 0 fully saturated rings. The van der Waals surface area contributed by atoms with E-state index in [4.69, 9.17) is 0 Å². The summed E-state index contributed by atoms with van der Waals surface area (Å²) in [7, 11) is 0. The van der Waals surface area contributed by atoms with E-state index >= 15 is 0 Å². The van der Waals surface area contributed by atoms with Gasteiger partial charge in [0.15, 0.2) is 0 Å². The van der Waals surface area contributed by atoms with Crippen molar-refractivity contribution < 1.29 is 13.6 Å². The highest BCUT2D eigenvalue weighted by molar-refractivity contribution is 5.85. The molecule has 0 radical (unpaired) electrons. The van der Waals surface area contributed by atoms with Gasteiger partial charge in [-0.05, 0) is 17.7 Å². The summed E-state index contributed by atoms with van der Waals surface area (Å²) in [5, 5.41) is 2.31. The molecule has 1 amide bonds. The van der Waals surface area contributed by atoms with Crippen molar-refractivity contribution in [3.63, 3.8) is 0 Å². The Kier molecular flexibility index (Phi) is 4.99. The maximum absolute atomic E-state index is 12.5. The summed E-state index contributed by atoms with van der Waals surface area (Å²) in [5.41, 5.74) is 0.402. The van der Waals surface area contributed by atoms with Gasteiger partial charge in [0.2, 0.25) is 6.41 Å². The molecule has 0 saturated heterocycles. The van der Waals surface area contributed by atoms with Gasteiger partial charge in [-0.25, -0.2) is 8.78 Å². The largest absolute Gasteiger partial charge is 0.355 e. The first-order valence-electron chi connectivity index (χ1n) is 3.34. The fourth-order valence-corrected chi connectivity index (χ4v) is 0.873. The van der Waals surface area contributed by atoms with Gasteiger partial charge in [-0.2, -0.15) is 0 Å². The first-order chi connectivity index (χ1) is 5.72. The van der Waals surface area contributed by atoms with Crippen LogP contribution in [0.25, 0.3) is 0 Å². The molecule has 2 nitrogen and oxygen atoms in total. The molecule has 0 heterocycles. The van der Waals surface area contributed by atoms with Crippen LogP contribution < -0.4 is 5.32 Å².